The van der Waals surface area contributed by atoms with Crippen molar-refractivity contribution in [1.82, 2.24) is 4.98 Å². The number of anilines is 1. The Balaban J connectivity index is 2.11. The van der Waals surface area contributed by atoms with Crippen LogP contribution in [0, 0.1) is 0 Å². The highest BCUT2D eigenvalue weighted by Gasteiger charge is 2.26. The van der Waals surface area contributed by atoms with E-state index in [4.69, 9.17) is 0 Å². The lowest BCUT2D eigenvalue weighted by molar-refractivity contribution is 0.234. The fourth-order valence-electron chi connectivity index (χ4n) is 1.93. The molecule has 0 saturated heterocycles. The van der Waals surface area contributed by atoms with Crippen LogP contribution in [-0.2, 0) is 9.84 Å². The van der Waals surface area contributed by atoms with Gasteiger partial charge in [0.05, 0.1) is 21.6 Å². The van der Waals surface area contributed by atoms with Crippen molar-refractivity contribution in [2.24, 2.45) is 0 Å². The fraction of sp³-hybridized carbons (Fsp3) is 0.400. The molecule has 0 aliphatic rings. The number of aromatic nitrogens is 1. The van der Waals surface area contributed by atoms with Gasteiger partial charge in [-0.15, -0.1) is 11.3 Å². The Morgan fingerprint density at radius 2 is 1.74 bits per heavy atom. The summed E-state index contributed by atoms with van der Waals surface area (Å²) in [6.45, 7) is 6.08. The van der Waals surface area contributed by atoms with Crippen LogP contribution in [0.15, 0.2) is 34.5 Å². The zero-order valence-corrected chi connectivity index (χ0v) is 14.6. The van der Waals surface area contributed by atoms with Gasteiger partial charge in [0.1, 0.15) is 0 Å². The van der Waals surface area contributed by atoms with Crippen molar-refractivity contribution in [3.8, 4) is 0 Å². The zero-order valence-electron chi connectivity index (χ0n) is 13.0. The highest BCUT2D eigenvalue weighted by atomic mass is 32.2. The van der Waals surface area contributed by atoms with Gasteiger partial charge < -0.3 is 5.32 Å². The summed E-state index contributed by atoms with van der Waals surface area (Å²) in [4.78, 5) is 4.16. The Labute approximate surface area is 138 Å². The molecule has 23 heavy (non-hydrogen) atoms. The van der Waals surface area contributed by atoms with Crippen molar-refractivity contribution >= 4 is 26.9 Å². The highest BCUT2D eigenvalue weighted by molar-refractivity contribution is 7.91. The van der Waals surface area contributed by atoms with Gasteiger partial charge in [-0.3, -0.25) is 0 Å². The third kappa shape index (κ3) is 4.06. The standard InChI is InChI=1S/C15H18F2N2O2S2/c1-9(2)14-19-13(8-22-14)10(3)18-11-4-6-12(7-5-11)23(20,21)15(16)17/h4-10,15,18H,1-3H3. The van der Waals surface area contributed by atoms with Crippen molar-refractivity contribution in [2.45, 2.75) is 43.4 Å². The van der Waals surface area contributed by atoms with Gasteiger partial charge in [0, 0.05) is 17.0 Å². The largest absolute Gasteiger partial charge is 0.377 e. The topological polar surface area (TPSA) is 59.1 Å². The first kappa shape index (κ1) is 17.8. The Morgan fingerprint density at radius 1 is 1.13 bits per heavy atom. The maximum atomic E-state index is 12.5. The van der Waals surface area contributed by atoms with Crippen molar-refractivity contribution < 1.29 is 17.2 Å². The Morgan fingerprint density at radius 3 is 2.22 bits per heavy atom. The lowest BCUT2D eigenvalue weighted by Crippen LogP contribution is -2.12. The SMILES string of the molecule is CC(C)c1nc(C(C)Nc2ccc(S(=O)(=O)C(F)F)cc2)cs1. The number of rotatable bonds is 6. The predicted molar refractivity (Wildman–Crippen MR) is 87.9 cm³/mol. The molecule has 1 aromatic carbocycles. The number of thiazole rings is 1. The minimum atomic E-state index is -4.55. The Hall–Kier alpha value is -1.54. The van der Waals surface area contributed by atoms with Gasteiger partial charge >= 0.3 is 5.76 Å². The van der Waals surface area contributed by atoms with E-state index < -0.39 is 15.6 Å². The summed E-state index contributed by atoms with van der Waals surface area (Å²) in [5.41, 5.74) is 1.53. The summed E-state index contributed by atoms with van der Waals surface area (Å²) in [6, 6.07) is 5.23. The molecule has 1 N–H and O–H groups in total. The molecule has 0 saturated carbocycles. The normalized spacial score (nSPS) is 13.5. The minimum Gasteiger partial charge on any atom is -0.377 e. The summed E-state index contributed by atoms with van der Waals surface area (Å²) in [5.74, 6) is -3.05. The molecule has 1 heterocycles. The lowest BCUT2D eigenvalue weighted by Gasteiger charge is -2.13. The second-order valence-corrected chi connectivity index (χ2v) is 8.27. The monoisotopic (exact) mass is 360 g/mol. The third-order valence-electron chi connectivity index (χ3n) is 3.28. The first-order valence-corrected chi connectivity index (χ1v) is 9.48. The maximum absolute atomic E-state index is 12.5. The second kappa shape index (κ2) is 6.92. The number of benzene rings is 1. The minimum absolute atomic E-state index is 0.0729. The van der Waals surface area contributed by atoms with E-state index in [-0.39, 0.29) is 10.9 Å². The molecule has 0 fully saturated rings. The van der Waals surface area contributed by atoms with Crippen LogP contribution in [0.25, 0.3) is 0 Å². The number of nitrogens with one attached hydrogen (secondary N) is 1. The van der Waals surface area contributed by atoms with Crippen molar-refractivity contribution in [3.63, 3.8) is 0 Å². The molecule has 2 aromatic rings. The quantitative estimate of drug-likeness (QED) is 0.827. The van der Waals surface area contributed by atoms with Crippen LogP contribution in [-0.4, -0.2) is 19.2 Å². The molecule has 0 bridgehead atoms. The van der Waals surface area contributed by atoms with E-state index in [0.717, 1.165) is 10.7 Å². The molecule has 0 radical (unpaired) electrons. The van der Waals surface area contributed by atoms with Crippen LogP contribution in [0.1, 0.15) is 43.4 Å². The first-order valence-electron chi connectivity index (χ1n) is 7.05. The van der Waals surface area contributed by atoms with E-state index in [1.165, 1.54) is 24.3 Å². The average molecular weight is 360 g/mol. The van der Waals surface area contributed by atoms with Crippen molar-refractivity contribution in [2.75, 3.05) is 5.32 Å². The van der Waals surface area contributed by atoms with Crippen LogP contribution >= 0.6 is 11.3 Å². The molecule has 1 atom stereocenters. The number of hydrogen-bond donors (Lipinski definition) is 1. The van der Waals surface area contributed by atoms with Crippen LogP contribution in [0.5, 0.6) is 0 Å². The van der Waals surface area contributed by atoms with Crippen LogP contribution in [0.4, 0.5) is 14.5 Å². The predicted octanol–water partition coefficient (Wildman–Crippen LogP) is 4.44. The van der Waals surface area contributed by atoms with E-state index in [2.05, 4.69) is 24.1 Å². The van der Waals surface area contributed by atoms with Gasteiger partial charge in [-0.05, 0) is 31.2 Å². The van der Waals surface area contributed by atoms with E-state index in [0.29, 0.717) is 11.6 Å². The van der Waals surface area contributed by atoms with Gasteiger partial charge in [-0.1, -0.05) is 13.8 Å². The molecular weight excluding hydrogens is 342 g/mol. The number of nitrogens with zero attached hydrogens (tertiary/aromatic N) is 1. The summed E-state index contributed by atoms with van der Waals surface area (Å²) < 4.78 is 47.7. The Bertz CT molecular complexity index is 756. The molecule has 2 rings (SSSR count). The van der Waals surface area contributed by atoms with E-state index in [1.807, 2.05) is 12.3 Å². The molecule has 4 nitrogen and oxygen atoms in total. The molecule has 126 valence electrons. The van der Waals surface area contributed by atoms with Crippen molar-refractivity contribution in [3.05, 3.63) is 40.3 Å². The third-order valence-corrected chi connectivity index (χ3v) is 5.84. The van der Waals surface area contributed by atoms with Crippen LogP contribution in [0.3, 0.4) is 0 Å². The van der Waals surface area contributed by atoms with E-state index in [9.17, 15) is 17.2 Å². The summed E-state index contributed by atoms with van der Waals surface area (Å²) in [6.07, 6.45) is 0. The van der Waals surface area contributed by atoms with Gasteiger partial charge in [0.15, 0.2) is 0 Å². The number of alkyl halides is 2. The Kier molecular flexibility index (Phi) is 5.36. The zero-order chi connectivity index (χ0) is 17.2. The van der Waals surface area contributed by atoms with Gasteiger partial charge in [0.2, 0.25) is 9.84 Å². The first-order chi connectivity index (χ1) is 10.7. The van der Waals surface area contributed by atoms with Gasteiger partial charge in [-0.25, -0.2) is 13.4 Å². The molecule has 0 aliphatic heterocycles. The van der Waals surface area contributed by atoms with E-state index in [1.54, 1.807) is 11.3 Å². The number of sulfone groups is 1. The van der Waals surface area contributed by atoms with Gasteiger partial charge in [-0.2, -0.15) is 8.78 Å². The van der Waals surface area contributed by atoms with Crippen LogP contribution in [0.2, 0.25) is 0 Å². The molecule has 8 heteroatoms. The van der Waals surface area contributed by atoms with E-state index >= 15 is 0 Å². The maximum Gasteiger partial charge on any atom is 0.341 e. The van der Waals surface area contributed by atoms with Crippen molar-refractivity contribution in [1.29, 1.82) is 0 Å². The average Bonchev–Trinajstić information content (AvgIpc) is 2.97. The molecule has 1 unspecified atom stereocenters. The molecule has 0 aliphatic carbocycles. The molecular formula is C15H18F2N2O2S2. The highest BCUT2D eigenvalue weighted by Crippen LogP contribution is 2.26. The summed E-state index contributed by atoms with van der Waals surface area (Å²) in [5, 5.41) is 6.20. The lowest BCUT2D eigenvalue weighted by atomic mass is 10.2. The molecule has 1 aromatic heterocycles. The smallest absolute Gasteiger partial charge is 0.341 e. The summed E-state index contributed by atoms with van der Waals surface area (Å²) in [7, 11) is -4.55. The molecule has 0 amide bonds. The van der Waals surface area contributed by atoms with Crippen LogP contribution < -0.4 is 5.32 Å². The number of hydrogen-bond acceptors (Lipinski definition) is 5. The second-order valence-electron chi connectivity index (χ2n) is 5.46. The van der Waals surface area contributed by atoms with Gasteiger partial charge in [0.25, 0.3) is 0 Å². The number of halogens is 2. The molecule has 0 spiro atoms. The fourth-order valence-corrected chi connectivity index (χ4v) is 3.58. The summed E-state index contributed by atoms with van der Waals surface area (Å²) >= 11 is 1.59.